The van der Waals surface area contributed by atoms with Gasteiger partial charge in [-0.3, -0.25) is 4.90 Å². The van der Waals surface area contributed by atoms with Gasteiger partial charge >= 0.3 is 0 Å². The standard InChI is InChI=1S/C30H40ClN6O2P/c1-21-19-37(24-12-14-32-15-13-24)16-6-7-22-10-11-23(17-27(22)39-20-21)34-30-33-18-25(31)29(36-30)35-26-8-4-5-9-28(26)40(2,3)38/h4-5,8-11,17-18,21,24,32H,6-7,12-16,19-20H2,1-3H3,(H2,33,34,35,36)/t21-/m0/s1. The monoisotopic (exact) mass is 582 g/mol. The average molecular weight is 583 g/mol. The number of anilines is 4. The largest absolute Gasteiger partial charge is 0.493 e. The maximum atomic E-state index is 12.8. The SMILES string of the molecule is C[C@@H]1COc2cc(Nc3ncc(Cl)c(Nc4ccccc4P(C)(C)=O)n3)ccc2CCCN(C2CCNCC2)C1. The maximum absolute atomic E-state index is 12.8. The molecule has 2 aromatic carbocycles. The van der Waals surface area contributed by atoms with Crippen molar-refractivity contribution in [2.75, 3.05) is 56.7 Å². The Morgan fingerprint density at radius 3 is 2.73 bits per heavy atom. The third kappa shape index (κ3) is 7.35. The summed E-state index contributed by atoms with van der Waals surface area (Å²) in [4.78, 5) is 11.7. The number of nitrogens with zero attached hydrogens (tertiary/aromatic N) is 3. The van der Waals surface area contributed by atoms with Gasteiger partial charge in [-0.25, -0.2) is 4.98 Å². The van der Waals surface area contributed by atoms with E-state index in [0.717, 1.165) is 61.4 Å². The van der Waals surface area contributed by atoms with Crippen LogP contribution in [0.4, 0.5) is 23.1 Å². The highest BCUT2D eigenvalue weighted by Crippen LogP contribution is 2.38. The number of para-hydroxylation sites is 1. The van der Waals surface area contributed by atoms with Crippen molar-refractivity contribution >= 4 is 47.2 Å². The van der Waals surface area contributed by atoms with Crippen molar-refractivity contribution in [3.8, 4) is 5.75 Å². The van der Waals surface area contributed by atoms with E-state index in [1.165, 1.54) is 18.4 Å². The third-order valence-electron chi connectivity index (χ3n) is 7.59. The first-order valence-corrected chi connectivity index (χ1v) is 17.2. The summed E-state index contributed by atoms with van der Waals surface area (Å²) in [5, 5.41) is 11.2. The minimum absolute atomic E-state index is 0.378. The number of benzene rings is 2. The molecule has 0 aliphatic carbocycles. The second-order valence-corrected chi connectivity index (χ2v) is 14.9. The lowest BCUT2D eigenvalue weighted by molar-refractivity contribution is 0.118. The fourth-order valence-electron chi connectivity index (χ4n) is 5.55. The van der Waals surface area contributed by atoms with Crippen molar-refractivity contribution in [2.45, 2.75) is 38.6 Å². The predicted octanol–water partition coefficient (Wildman–Crippen LogP) is 5.88. The van der Waals surface area contributed by atoms with Gasteiger partial charge in [0.2, 0.25) is 5.95 Å². The topological polar surface area (TPSA) is 91.4 Å². The Kier molecular flexibility index (Phi) is 9.31. The quantitative estimate of drug-likeness (QED) is 0.310. The molecule has 10 heteroatoms. The highest BCUT2D eigenvalue weighted by Gasteiger charge is 2.24. The normalized spacial score (nSPS) is 19.4. The molecule has 8 nitrogen and oxygen atoms in total. The molecule has 5 rings (SSSR count). The molecule has 0 radical (unpaired) electrons. The van der Waals surface area contributed by atoms with Gasteiger partial charge < -0.3 is 25.3 Å². The van der Waals surface area contributed by atoms with E-state index < -0.39 is 7.14 Å². The Balaban J connectivity index is 1.30. The van der Waals surface area contributed by atoms with Crippen LogP contribution in [0.25, 0.3) is 0 Å². The first-order chi connectivity index (χ1) is 19.3. The summed E-state index contributed by atoms with van der Waals surface area (Å²) in [6.45, 7) is 10.9. The number of nitrogens with one attached hydrogen (secondary N) is 3. The van der Waals surface area contributed by atoms with Crippen LogP contribution in [0.15, 0.2) is 48.7 Å². The molecule has 1 atom stereocenters. The zero-order chi connectivity index (χ0) is 28.1. The van der Waals surface area contributed by atoms with E-state index in [4.69, 9.17) is 16.3 Å². The molecule has 0 bridgehead atoms. The van der Waals surface area contributed by atoms with E-state index in [-0.39, 0.29) is 0 Å². The number of aromatic nitrogens is 2. The summed E-state index contributed by atoms with van der Waals surface area (Å²) in [6.07, 6.45) is 6.11. The van der Waals surface area contributed by atoms with Crippen LogP contribution < -0.4 is 26.0 Å². The molecular weight excluding hydrogens is 543 g/mol. The Labute approximate surface area is 242 Å². The van der Waals surface area contributed by atoms with Crippen LogP contribution in [0, 0.1) is 5.92 Å². The second-order valence-electron chi connectivity index (χ2n) is 11.3. The van der Waals surface area contributed by atoms with Crippen molar-refractivity contribution in [3.05, 3.63) is 59.2 Å². The minimum atomic E-state index is -2.50. The molecule has 3 aromatic rings. The number of ether oxygens (including phenoxy) is 1. The van der Waals surface area contributed by atoms with Gasteiger partial charge in [-0.1, -0.05) is 36.7 Å². The van der Waals surface area contributed by atoms with Gasteiger partial charge in [0.15, 0.2) is 5.82 Å². The lowest BCUT2D eigenvalue weighted by Crippen LogP contribution is -2.46. The number of rotatable bonds is 6. The van der Waals surface area contributed by atoms with Crippen molar-refractivity contribution < 1.29 is 9.30 Å². The Hall–Kier alpha value is -2.64. The maximum Gasteiger partial charge on any atom is 0.229 e. The highest BCUT2D eigenvalue weighted by molar-refractivity contribution is 7.70. The predicted molar refractivity (Wildman–Crippen MR) is 166 cm³/mol. The molecule has 0 saturated carbocycles. The van der Waals surface area contributed by atoms with Crippen LogP contribution in [-0.4, -0.2) is 67.0 Å². The summed E-state index contributed by atoms with van der Waals surface area (Å²) < 4.78 is 19.2. The molecular formula is C30H40ClN6O2P. The molecule has 0 spiro atoms. The van der Waals surface area contributed by atoms with E-state index in [1.807, 2.05) is 36.4 Å². The van der Waals surface area contributed by atoms with Gasteiger partial charge in [0.05, 0.1) is 18.5 Å². The third-order valence-corrected chi connectivity index (χ3v) is 9.42. The lowest BCUT2D eigenvalue weighted by atomic mass is 10.0. The zero-order valence-corrected chi connectivity index (χ0v) is 25.3. The van der Waals surface area contributed by atoms with Gasteiger partial charge in [-0.05, 0) is 82.4 Å². The van der Waals surface area contributed by atoms with Gasteiger partial charge in [0, 0.05) is 35.6 Å². The van der Waals surface area contributed by atoms with Gasteiger partial charge in [0.1, 0.15) is 17.9 Å². The highest BCUT2D eigenvalue weighted by atomic mass is 35.5. The van der Waals surface area contributed by atoms with E-state index in [1.54, 1.807) is 19.5 Å². The average Bonchev–Trinajstić information content (AvgIpc) is 2.94. The number of fused-ring (bicyclic) bond motifs is 1. The number of piperidine rings is 1. The van der Waals surface area contributed by atoms with Gasteiger partial charge in [-0.15, -0.1) is 0 Å². The van der Waals surface area contributed by atoms with Crippen LogP contribution in [0.3, 0.4) is 0 Å². The minimum Gasteiger partial charge on any atom is -0.493 e. The molecule has 3 heterocycles. The van der Waals surface area contributed by atoms with Crippen LogP contribution in [0.2, 0.25) is 5.02 Å². The van der Waals surface area contributed by atoms with Crippen molar-refractivity contribution in [1.82, 2.24) is 20.2 Å². The summed E-state index contributed by atoms with van der Waals surface area (Å²) in [7, 11) is -2.50. The van der Waals surface area contributed by atoms with Crippen molar-refractivity contribution in [2.24, 2.45) is 5.92 Å². The fraction of sp³-hybridized carbons (Fsp3) is 0.467. The van der Waals surface area contributed by atoms with Crippen LogP contribution in [-0.2, 0) is 11.0 Å². The summed E-state index contributed by atoms with van der Waals surface area (Å²) >= 11 is 6.44. The molecule has 1 aromatic heterocycles. The van der Waals surface area contributed by atoms with Crippen LogP contribution in [0.5, 0.6) is 5.75 Å². The second kappa shape index (κ2) is 12.9. The zero-order valence-electron chi connectivity index (χ0n) is 23.6. The molecule has 0 amide bonds. The van der Waals surface area contributed by atoms with Crippen molar-refractivity contribution in [3.63, 3.8) is 0 Å². The number of hydrogen-bond acceptors (Lipinski definition) is 8. The number of hydrogen-bond donors (Lipinski definition) is 3. The smallest absolute Gasteiger partial charge is 0.229 e. The Bertz CT molecular complexity index is 1360. The molecule has 214 valence electrons. The van der Waals surface area contributed by atoms with E-state index >= 15 is 0 Å². The Morgan fingerprint density at radius 2 is 1.93 bits per heavy atom. The molecule has 2 aliphatic rings. The first-order valence-electron chi connectivity index (χ1n) is 14.2. The van der Waals surface area contributed by atoms with Crippen molar-refractivity contribution in [1.29, 1.82) is 0 Å². The van der Waals surface area contributed by atoms with E-state index in [9.17, 15) is 4.57 Å². The van der Waals surface area contributed by atoms with E-state index in [0.29, 0.717) is 35.4 Å². The fourth-order valence-corrected chi connectivity index (χ4v) is 6.84. The lowest BCUT2D eigenvalue weighted by Gasteiger charge is -2.37. The molecule has 1 fully saturated rings. The molecule has 1 saturated heterocycles. The van der Waals surface area contributed by atoms with E-state index in [2.05, 4.69) is 43.8 Å². The molecule has 40 heavy (non-hydrogen) atoms. The Morgan fingerprint density at radius 1 is 1.12 bits per heavy atom. The first kappa shape index (κ1) is 28.9. The van der Waals surface area contributed by atoms with Crippen LogP contribution >= 0.6 is 18.7 Å². The molecule has 3 N–H and O–H groups in total. The summed E-state index contributed by atoms with van der Waals surface area (Å²) in [5.41, 5.74) is 2.79. The molecule has 2 aliphatic heterocycles. The van der Waals surface area contributed by atoms with Gasteiger partial charge in [0.25, 0.3) is 0 Å². The van der Waals surface area contributed by atoms with Crippen LogP contribution in [0.1, 0.15) is 31.7 Å². The number of halogens is 1. The summed E-state index contributed by atoms with van der Waals surface area (Å²) in [5.74, 6) is 2.21. The van der Waals surface area contributed by atoms with Gasteiger partial charge in [-0.2, -0.15) is 4.98 Å². The molecule has 0 unspecified atom stereocenters. The number of aryl methyl sites for hydroxylation is 1. The summed E-state index contributed by atoms with van der Waals surface area (Å²) in [6, 6.07) is 14.4.